The molecule has 0 aromatic heterocycles. The molecule has 0 bridgehead atoms. The summed E-state index contributed by atoms with van der Waals surface area (Å²) in [4.78, 5) is 13.2. The largest absolute Gasteiger partial charge is 0.457 e. The van der Waals surface area contributed by atoms with Gasteiger partial charge >= 0.3 is 0 Å². The Hall–Kier alpha value is -5.41. The molecule has 0 aliphatic rings. The van der Waals surface area contributed by atoms with Gasteiger partial charge in [-0.1, -0.05) is 113 Å². The zero-order valence-corrected chi connectivity index (χ0v) is 26.7. The van der Waals surface area contributed by atoms with Crippen LogP contribution in [0.4, 0.5) is 0 Å². The molecule has 0 heterocycles. The van der Waals surface area contributed by atoms with Gasteiger partial charge in [0.25, 0.3) is 0 Å². The minimum absolute atomic E-state index is 0.0573. The molecule has 0 radical (unpaired) electrons. The van der Waals surface area contributed by atoms with Gasteiger partial charge in [-0.05, 0) is 95.1 Å². The average Bonchev–Trinajstić information content (AvgIpc) is 3.10. The van der Waals surface area contributed by atoms with Crippen LogP contribution in [-0.2, 0) is 10.8 Å². The standard InChI is InChI=1S/C43H38O3/c1-42(2,33-11-7-5-8-12-33)35-19-27-39(28-20-35)45-37-23-15-31(16-24-37)41(44)32-17-25-38(26-18-32)46-40-29-21-36(22-30-40)43(3,4)34-13-9-6-10-14-34/h5-30H,1-4H3. The smallest absolute Gasteiger partial charge is 0.193 e. The summed E-state index contributed by atoms with van der Waals surface area (Å²) in [6, 6.07) is 51.9. The molecule has 0 aliphatic heterocycles. The van der Waals surface area contributed by atoms with Crippen LogP contribution < -0.4 is 9.47 Å². The Morgan fingerprint density at radius 2 is 0.630 bits per heavy atom. The Morgan fingerprint density at radius 1 is 0.370 bits per heavy atom. The van der Waals surface area contributed by atoms with Crippen LogP contribution in [-0.4, -0.2) is 5.78 Å². The van der Waals surface area contributed by atoms with Crippen molar-refractivity contribution in [2.45, 2.75) is 38.5 Å². The Kier molecular flexibility index (Phi) is 8.59. The van der Waals surface area contributed by atoms with Crippen LogP contribution in [0.25, 0.3) is 0 Å². The molecule has 0 fully saturated rings. The first kappa shape index (κ1) is 30.6. The van der Waals surface area contributed by atoms with Crippen LogP contribution in [0.1, 0.15) is 65.9 Å². The van der Waals surface area contributed by atoms with E-state index in [1.54, 1.807) is 24.3 Å². The van der Waals surface area contributed by atoms with Gasteiger partial charge in [-0.2, -0.15) is 0 Å². The topological polar surface area (TPSA) is 35.5 Å². The lowest BCUT2D eigenvalue weighted by Gasteiger charge is -2.26. The highest BCUT2D eigenvalue weighted by Gasteiger charge is 2.24. The van der Waals surface area contributed by atoms with E-state index in [2.05, 4.69) is 100 Å². The molecule has 46 heavy (non-hydrogen) atoms. The van der Waals surface area contributed by atoms with Gasteiger partial charge in [-0.15, -0.1) is 0 Å². The molecule has 0 saturated carbocycles. The predicted octanol–water partition coefficient (Wildman–Crippen LogP) is 11.2. The number of ether oxygens (including phenoxy) is 2. The lowest BCUT2D eigenvalue weighted by molar-refractivity contribution is 0.103. The first-order valence-electron chi connectivity index (χ1n) is 15.6. The van der Waals surface area contributed by atoms with E-state index in [9.17, 15) is 4.79 Å². The molecule has 3 nitrogen and oxygen atoms in total. The molecule has 6 rings (SSSR count). The summed E-state index contributed by atoms with van der Waals surface area (Å²) >= 11 is 0. The van der Waals surface area contributed by atoms with Crippen molar-refractivity contribution in [2.24, 2.45) is 0 Å². The van der Waals surface area contributed by atoms with Crippen molar-refractivity contribution in [1.82, 2.24) is 0 Å². The summed E-state index contributed by atoms with van der Waals surface area (Å²) in [7, 11) is 0. The molecule has 228 valence electrons. The highest BCUT2D eigenvalue weighted by molar-refractivity contribution is 6.09. The number of ketones is 1. The molecule has 0 saturated heterocycles. The van der Waals surface area contributed by atoms with Crippen LogP contribution in [0.15, 0.2) is 158 Å². The van der Waals surface area contributed by atoms with Crippen molar-refractivity contribution in [2.75, 3.05) is 0 Å². The van der Waals surface area contributed by atoms with E-state index in [0.717, 1.165) is 11.5 Å². The van der Waals surface area contributed by atoms with E-state index >= 15 is 0 Å². The fraction of sp³-hybridized carbons (Fsp3) is 0.140. The third-order valence-electron chi connectivity index (χ3n) is 8.85. The summed E-state index contributed by atoms with van der Waals surface area (Å²) in [6.45, 7) is 8.89. The van der Waals surface area contributed by atoms with Gasteiger partial charge in [0, 0.05) is 22.0 Å². The zero-order valence-electron chi connectivity index (χ0n) is 26.7. The molecule has 6 aromatic carbocycles. The average molecular weight is 603 g/mol. The van der Waals surface area contributed by atoms with Crippen LogP contribution in [0.2, 0.25) is 0 Å². The Balaban J connectivity index is 1.06. The maximum absolute atomic E-state index is 13.2. The fourth-order valence-corrected chi connectivity index (χ4v) is 5.71. The predicted molar refractivity (Wildman–Crippen MR) is 186 cm³/mol. The van der Waals surface area contributed by atoms with Crippen LogP contribution >= 0.6 is 0 Å². The van der Waals surface area contributed by atoms with Crippen molar-refractivity contribution in [3.63, 3.8) is 0 Å². The molecular formula is C43H38O3. The summed E-state index contributed by atoms with van der Waals surface area (Å²) in [5.41, 5.74) is 5.92. The molecule has 0 aliphatic carbocycles. The maximum atomic E-state index is 13.2. The van der Waals surface area contributed by atoms with Crippen molar-refractivity contribution in [3.8, 4) is 23.0 Å². The van der Waals surface area contributed by atoms with Crippen LogP contribution in [0, 0.1) is 0 Å². The number of hydrogen-bond donors (Lipinski definition) is 0. The number of benzene rings is 6. The van der Waals surface area contributed by atoms with E-state index in [-0.39, 0.29) is 16.6 Å². The van der Waals surface area contributed by atoms with Gasteiger partial charge in [0.05, 0.1) is 0 Å². The van der Waals surface area contributed by atoms with E-state index in [4.69, 9.17) is 9.47 Å². The normalized spacial score (nSPS) is 11.6. The van der Waals surface area contributed by atoms with Crippen molar-refractivity contribution < 1.29 is 14.3 Å². The van der Waals surface area contributed by atoms with E-state index < -0.39 is 0 Å². The second-order valence-corrected chi connectivity index (χ2v) is 12.6. The molecule has 0 N–H and O–H groups in total. The van der Waals surface area contributed by atoms with Crippen molar-refractivity contribution >= 4 is 5.78 Å². The number of rotatable bonds is 10. The van der Waals surface area contributed by atoms with E-state index in [0.29, 0.717) is 22.6 Å². The Bertz CT molecular complexity index is 1740. The van der Waals surface area contributed by atoms with Gasteiger partial charge < -0.3 is 9.47 Å². The Labute approximate surface area is 272 Å². The second-order valence-electron chi connectivity index (χ2n) is 12.6. The van der Waals surface area contributed by atoms with E-state index in [1.807, 2.05) is 60.7 Å². The summed E-state index contributed by atoms with van der Waals surface area (Å²) in [6.07, 6.45) is 0. The first-order chi connectivity index (χ1) is 22.2. The minimum Gasteiger partial charge on any atom is -0.457 e. The van der Waals surface area contributed by atoms with Gasteiger partial charge in [0.1, 0.15) is 23.0 Å². The fourth-order valence-electron chi connectivity index (χ4n) is 5.71. The monoisotopic (exact) mass is 602 g/mol. The van der Waals surface area contributed by atoms with Gasteiger partial charge in [-0.25, -0.2) is 0 Å². The van der Waals surface area contributed by atoms with Crippen molar-refractivity contribution in [3.05, 3.63) is 191 Å². The summed E-state index contributed by atoms with van der Waals surface area (Å²) < 4.78 is 12.2. The zero-order chi connectivity index (χ0) is 32.1. The molecule has 0 unspecified atom stereocenters. The lowest BCUT2D eigenvalue weighted by atomic mass is 9.78. The molecular weight excluding hydrogens is 564 g/mol. The second kappa shape index (κ2) is 12.9. The van der Waals surface area contributed by atoms with Crippen LogP contribution in [0.3, 0.4) is 0 Å². The van der Waals surface area contributed by atoms with Crippen LogP contribution in [0.5, 0.6) is 23.0 Å². The van der Waals surface area contributed by atoms with Gasteiger partial charge in [-0.3, -0.25) is 4.79 Å². The number of hydrogen-bond acceptors (Lipinski definition) is 3. The van der Waals surface area contributed by atoms with Gasteiger partial charge in [0.15, 0.2) is 5.78 Å². The summed E-state index contributed by atoms with van der Waals surface area (Å²) in [5.74, 6) is 2.79. The molecule has 3 heteroatoms. The number of carbonyl (C=O) groups is 1. The highest BCUT2D eigenvalue weighted by atomic mass is 16.5. The SMILES string of the molecule is CC(C)(c1ccccc1)c1ccc(Oc2ccc(C(=O)c3ccc(Oc4ccc(C(C)(C)c5ccccc5)cc4)cc3)cc2)cc1. The van der Waals surface area contributed by atoms with Gasteiger partial charge in [0.2, 0.25) is 0 Å². The quantitative estimate of drug-likeness (QED) is 0.146. The molecule has 6 aromatic rings. The maximum Gasteiger partial charge on any atom is 0.193 e. The van der Waals surface area contributed by atoms with Crippen molar-refractivity contribution in [1.29, 1.82) is 0 Å². The third-order valence-corrected chi connectivity index (χ3v) is 8.85. The lowest BCUT2D eigenvalue weighted by Crippen LogP contribution is -2.18. The number of carbonyl (C=O) groups excluding carboxylic acids is 1. The highest BCUT2D eigenvalue weighted by Crippen LogP contribution is 2.34. The Morgan fingerprint density at radius 3 is 0.935 bits per heavy atom. The molecule has 0 spiro atoms. The third kappa shape index (κ3) is 6.64. The minimum atomic E-state index is -0.113. The molecule has 0 amide bonds. The molecule has 0 atom stereocenters. The first-order valence-corrected chi connectivity index (χ1v) is 15.6. The van der Waals surface area contributed by atoms with E-state index in [1.165, 1.54) is 22.3 Å². The summed E-state index contributed by atoms with van der Waals surface area (Å²) in [5, 5.41) is 0.